The Labute approximate surface area is 303 Å². The van der Waals surface area contributed by atoms with E-state index in [0.717, 1.165) is 0 Å². The standard InChI is InChI=1S/C32H28N18O4/c1-17-25(27(33)47(45-17)21-9-5-7-11-35-21)41-43-29-19(31(51)53-3)14-39-49(29)23-13-24(38-16-37-23)50-30(20(15-40-50)32(52)54-4)44-42-26-18(2)46-48(28(26)34)22-10-6-8-12-36-22/h5-16H,33-34H2,1-4H3/b43-41+,44-42+. The fraction of sp³-hybridized carbons (Fsp3) is 0.125. The van der Waals surface area contributed by atoms with Crippen LogP contribution >= 0.6 is 0 Å². The van der Waals surface area contributed by atoms with E-state index in [2.05, 4.69) is 60.8 Å². The van der Waals surface area contributed by atoms with E-state index in [9.17, 15) is 9.59 Å². The number of hydrogen-bond acceptors (Lipinski definition) is 18. The molecule has 0 aromatic carbocycles. The molecule has 0 unspecified atom stereocenters. The lowest BCUT2D eigenvalue weighted by atomic mass is 10.3. The van der Waals surface area contributed by atoms with Gasteiger partial charge in [0.2, 0.25) is 0 Å². The lowest BCUT2D eigenvalue weighted by Crippen LogP contribution is -2.06. The summed E-state index contributed by atoms with van der Waals surface area (Å²) in [7, 11) is 2.43. The van der Waals surface area contributed by atoms with Crippen molar-refractivity contribution in [3.8, 4) is 23.3 Å². The Balaban J connectivity index is 1.28. The normalized spacial score (nSPS) is 11.5. The lowest BCUT2D eigenvalue weighted by Gasteiger charge is -2.07. The maximum absolute atomic E-state index is 12.8. The van der Waals surface area contributed by atoms with Gasteiger partial charge in [-0.1, -0.05) is 12.1 Å². The smallest absolute Gasteiger partial charge is 0.343 e. The number of hydrogen-bond donors (Lipinski definition) is 2. The van der Waals surface area contributed by atoms with Gasteiger partial charge >= 0.3 is 11.9 Å². The van der Waals surface area contributed by atoms with E-state index in [1.54, 1.807) is 62.6 Å². The second kappa shape index (κ2) is 14.3. The number of carbonyl (C=O) groups excluding carboxylic acids is 2. The number of esters is 2. The number of methoxy groups -OCH3 is 2. The van der Waals surface area contributed by atoms with E-state index in [4.69, 9.17) is 20.9 Å². The summed E-state index contributed by atoms with van der Waals surface area (Å²) >= 11 is 0. The highest BCUT2D eigenvalue weighted by Crippen LogP contribution is 2.34. The molecular weight excluding hydrogens is 700 g/mol. The van der Waals surface area contributed by atoms with Crippen LogP contribution in [-0.2, 0) is 9.47 Å². The van der Waals surface area contributed by atoms with Crippen molar-refractivity contribution in [1.29, 1.82) is 0 Å². The van der Waals surface area contributed by atoms with E-state index in [-0.39, 0.29) is 57.4 Å². The molecule has 270 valence electrons. The number of azo groups is 2. The number of aryl methyl sites for hydroxylation is 2. The van der Waals surface area contributed by atoms with Crippen LogP contribution in [0.2, 0.25) is 0 Å². The van der Waals surface area contributed by atoms with E-state index in [1.165, 1.54) is 57.7 Å². The molecule has 4 N–H and O–H groups in total. The van der Waals surface area contributed by atoms with Gasteiger partial charge in [0, 0.05) is 18.5 Å². The van der Waals surface area contributed by atoms with E-state index in [1.807, 2.05) is 0 Å². The van der Waals surface area contributed by atoms with Gasteiger partial charge in [0.05, 0.1) is 38.0 Å². The highest BCUT2D eigenvalue weighted by molar-refractivity contribution is 5.94. The Morgan fingerprint density at radius 1 is 0.611 bits per heavy atom. The first-order valence-electron chi connectivity index (χ1n) is 15.7. The zero-order chi connectivity index (χ0) is 37.9. The molecule has 0 saturated heterocycles. The van der Waals surface area contributed by atoms with Gasteiger partial charge in [0.25, 0.3) is 0 Å². The van der Waals surface area contributed by atoms with Crippen LogP contribution < -0.4 is 11.5 Å². The maximum Gasteiger partial charge on any atom is 0.343 e. The van der Waals surface area contributed by atoms with Gasteiger partial charge in [0.15, 0.2) is 57.9 Å². The van der Waals surface area contributed by atoms with Gasteiger partial charge in [-0.2, -0.15) is 39.1 Å². The maximum atomic E-state index is 12.8. The summed E-state index contributed by atoms with van der Waals surface area (Å²) in [5.41, 5.74) is 14.1. The number of anilines is 2. The zero-order valence-electron chi connectivity index (χ0n) is 28.9. The highest BCUT2D eigenvalue weighted by atomic mass is 16.5. The number of carbonyl (C=O) groups is 2. The number of rotatable bonds is 10. The molecule has 0 fully saturated rings. The summed E-state index contributed by atoms with van der Waals surface area (Å²) in [5, 5.41) is 34.9. The van der Waals surface area contributed by atoms with Crippen molar-refractivity contribution in [1.82, 2.24) is 59.1 Å². The summed E-state index contributed by atoms with van der Waals surface area (Å²) in [6.45, 7) is 3.40. The molecule has 54 heavy (non-hydrogen) atoms. The molecule has 0 saturated carbocycles. The first-order chi connectivity index (χ1) is 26.2. The van der Waals surface area contributed by atoms with Crippen LogP contribution in [0.3, 0.4) is 0 Å². The Morgan fingerprint density at radius 2 is 1.06 bits per heavy atom. The van der Waals surface area contributed by atoms with E-state index in [0.29, 0.717) is 23.0 Å². The molecule has 7 heterocycles. The first-order valence-corrected chi connectivity index (χ1v) is 15.7. The monoisotopic (exact) mass is 728 g/mol. The molecule has 0 spiro atoms. The van der Waals surface area contributed by atoms with Crippen LogP contribution in [-0.4, -0.2) is 85.2 Å². The summed E-state index contributed by atoms with van der Waals surface area (Å²) in [6, 6.07) is 12.0. The molecule has 0 amide bonds. The third kappa shape index (κ3) is 6.25. The predicted molar refractivity (Wildman–Crippen MR) is 188 cm³/mol. The summed E-state index contributed by atoms with van der Waals surface area (Å²) in [5.74, 6) is -0.0851. The molecule has 7 rings (SSSR count). The van der Waals surface area contributed by atoms with Gasteiger partial charge in [-0.15, -0.1) is 20.5 Å². The average molecular weight is 729 g/mol. The topological polar surface area (TPSA) is 277 Å². The minimum atomic E-state index is -0.739. The van der Waals surface area contributed by atoms with Crippen LogP contribution in [0.25, 0.3) is 23.3 Å². The van der Waals surface area contributed by atoms with Gasteiger partial charge in [0.1, 0.15) is 17.5 Å². The largest absolute Gasteiger partial charge is 0.465 e. The van der Waals surface area contributed by atoms with Gasteiger partial charge in [-0.25, -0.2) is 29.5 Å². The molecule has 22 heteroatoms. The number of pyridine rings is 2. The molecule has 0 bridgehead atoms. The number of ether oxygens (including phenoxy) is 2. The van der Waals surface area contributed by atoms with Gasteiger partial charge in [-0.05, 0) is 38.1 Å². The second-order valence-corrected chi connectivity index (χ2v) is 11.0. The van der Waals surface area contributed by atoms with Crippen LogP contribution in [0.4, 0.5) is 34.6 Å². The van der Waals surface area contributed by atoms with E-state index >= 15 is 0 Å². The molecule has 0 aliphatic rings. The van der Waals surface area contributed by atoms with Gasteiger partial charge in [-0.3, -0.25) is 0 Å². The SMILES string of the molecule is COC(=O)c1cnn(-c2cc(-n3ncc(C(=O)OC)c3/N=N/c3c(C)nn(-c4ccccn4)c3N)ncn2)c1/N=N/c1c(C)nn(-c2ccccn2)c1N. The minimum Gasteiger partial charge on any atom is -0.465 e. The second-order valence-electron chi connectivity index (χ2n) is 11.0. The zero-order valence-corrected chi connectivity index (χ0v) is 28.9. The Morgan fingerprint density at radius 3 is 1.44 bits per heavy atom. The van der Waals surface area contributed by atoms with Crippen molar-refractivity contribution in [3.05, 3.63) is 96.1 Å². The van der Waals surface area contributed by atoms with Crippen LogP contribution in [0, 0.1) is 13.8 Å². The van der Waals surface area contributed by atoms with Crippen molar-refractivity contribution >= 4 is 46.6 Å². The predicted octanol–water partition coefficient (Wildman–Crippen LogP) is 4.19. The van der Waals surface area contributed by atoms with Crippen LogP contribution in [0.15, 0.2) is 94.0 Å². The first kappa shape index (κ1) is 34.4. The van der Waals surface area contributed by atoms with E-state index < -0.39 is 11.9 Å². The Hall–Kier alpha value is -8.04. The molecule has 0 atom stereocenters. The molecule has 0 aliphatic heterocycles. The Bertz CT molecular complexity index is 2400. The molecule has 7 aromatic rings. The van der Waals surface area contributed by atoms with Crippen molar-refractivity contribution in [2.24, 2.45) is 20.5 Å². The van der Waals surface area contributed by atoms with Crippen LogP contribution in [0.5, 0.6) is 0 Å². The number of nitrogen functional groups attached to an aromatic ring is 2. The fourth-order valence-corrected chi connectivity index (χ4v) is 5.11. The number of nitrogens with two attached hydrogens (primary N) is 2. The minimum absolute atomic E-state index is 0.0319. The third-order valence-corrected chi connectivity index (χ3v) is 7.72. The van der Waals surface area contributed by atoms with Crippen molar-refractivity contribution in [2.75, 3.05) is 25.7 Å². The molecule has 22 nitrogen and oxygen atoms in total. The fourth-order valence-electron chi connectivity index (χ4n) is 5.11. The Kier molecular flexibility index (Phi) is 9.11. The van der Waals surface area contributed by atoms with Crippen molar-refractivity contribution < 1.29 is 19.1 Å². The number of nitrogens with zero attached hydrogens (tertiary/aromatic N) is 16. The third-order valence-electron chi connectivity index (χ3n) is 7.72. The quantitative estimate of drug-likeness (QED) is 0.148. The average Bonchev–Trinajstić information content (AvgIpc) is 3.96. The molecule has 7 aromatic heterocycles. The number of aromatic nitrogens is 12. The van der Waals surface area contributed by atoms with Crippen molar-refractivity contribution in [2.45, 2.75) is 13.8 Å². The summed E-state index contributed by atoms with van der Waals surface area (Å²) in [4.78, 5) is 42.8. The lowest BCUT2D eigenvalue weighted by molar-refractivity contribution is 0.0592. The van der Waals surface area contributed by atoms with Gasteiger partial charge < -0.3 is 20.9 Å². The molecule has 0 aliphatic carbocycles. The highest BCUT2D eigenvalue weighted by Gasteiger charge is 2.24. The summed E-state index contributed by atoms with van der Waals surface area (Å²) in [6.07, 6.45) is 6.91. The van der Waals surface area contributed by atoms with Crippen molar-refractivity contribution in [3.63, 3.8) is 0 Å². The molecular formula is C32H28N18O4. The molecule has 0 radical (unpaired) electrons. The van der Waals surface area contributed by atoms with Crippen LogP contribution in [0.1, 0.15) is 32.1 Å². The summed E-state index contributed by atoms with van der Waals surface area (Å²) < 4.78 is 15.2.